The van der Waals surface area contributed by atoms with Crippen molar-refractivity contribution in [2.45, 2.75) is 59.0 Å². The highest BCUT2D eigenvalue weighted by atomic mass is 79.9. The zero-order valence-electron chi connectivity index (χ0n) is 13.7. The Morgan fingerprint density at radius 3 is 2.71 bits per heavy atom. The molecule has 0 aromatic heterocycles. The molecular weight excluding hydrogens is 324 g/mol. The van der Waals surface area contributed by atoms with Crippen LogP contribution in [0.2, 0.25) is 0 Å². The van der Waals surface area contributed by atoms with E-state index in [0.29, 0.717) is 0 Å². The van der Waals surface area contributed by atoms with E-state index in [1.54, 1.807) is 0 Å². The second-order valence-electron chi connectivity index (χ2n) is 6.56. The van der Waals surface area contributed by atoms with Crippen LogP contribution < -0.4 is 10.2 Å². The molecule has 0 atom stereocenters. The molecule has 21 heavy (non-hydrogen) atoms. The third-order valence-corrected chi connectivity index (χ3v) is 4.52. The van der Waals surface area contributed by atoms with Crippen molar-refractivity contribution in [1.82, 2.24) is 5.32 Å². The Balaban J connectivity index is 2.13. The number of rotatable bonds is 9. The van der Waals surface area contributed by atoms with Crippen LogP contribution in [-0.4, -0.2) is 19.1 Å². The van der Waals surface area contributed by atoms with Crippen LogP contribution in [0.15, 0.2) is 22.7 Å². The standard InChI is InChI=1S/C18H29BrN2/c1-4-10-20-13-15-12-16(19)5-8-18(15)21(17-6-7-17)11-9-14(2)3/h5,8,12,14,17,20H,4,6-7,9-11,13H2,1-3H3. The topological polar surface area (TPSA) is 15.3 Å². The van der Waals surface area contributed by atoms with E-state index in [1.807, 2.05) is 0 Å². The molecule has 0 bridgehead atoms. The highest BCUT2D eigenvalue weighted by Gasteiger charge is 2.30. The quantitative estimate of drug-likeness (QED) is 0.631. The highest BCUT2D eigenvalue weighted by molar-refractivity contribution is 9.10. The monoisotopic (exact) mass is 352 g/mol. The first-order valence-electron chi connectivity index (χ1n) is 8.37. The average Bonchev–Trinajstić information content (AvgIpc) is 3.25. The van der Waals surface area contributed by atoms with Crippen LogP contribution in [0.4, 0.5) is 5.69 Å². The van der Waals surface area contributed by atoms with Crippen LogP contribution in [0.1, 0.15) is 52.0 Å². The summed E-state index contributed by atoms with van der Waals surface area (Å²) >= 11 is 3.62. The lowest BCUT2D eigenvalue weighted by molar-refractivity contribution is 0.569. The van der Waals surface area contributed by atoms with E-state index in [9.17, 15) is 0 Å². The highest BCUT2D eigenvalue weighted by Crippen LogP contribution is 2.35. The second kappa shape index (κ2) is 8.19. The first kappa shape index (κ1) is 16.8. The Morgan fingerprint density at radius 1 is 1.33 bits per heavy atom. The molecule has 1 N–H and O–H groups in total. The number of hydrogen-bond acceptors (Lipinski definition) is 2. The Labute approximate surface area is 138 Å². The summed E-state index contributed by atoms with van der Waals surface area (Å²) in [6, 6.07) is 7.53. The molecule has 0 spiro atoms. The molecule has 118 valence electrons. The Hall–Kier alpha value is -0.540. The molecule has 2 rings (SSSR count). The first-order chi connectivity index (χ1) is 10.1. The summed E-state index contributed by atoms with van der Waals surface area (Å²) in [5.74, 6) is 0.767. The summed E-state index contributed by atoms with van der Waals surface area (Å²) in [7, 11) is 0. The summed E-state index contributed by atoms with van der Waals surface area (Å²) < 4.78 is 1.18. The Morgan fingerprint density at radius 2 is 2.10 bits per heavy atom. The smallest absolute Gasteiger partial charge is 0.0415 e. The lowest BCUT2D eigenvalue weighted by atomic mass is 10.1. The summed E-state index contributed by atoms with van der Waals surface area (Å²) in [4.78, 5) is 2.65. The molecule has 1 aromatic rings. The van der Waals surface area contributed by atoms with E-state index >= 15 is 0 Å². The van der Waals surface area contributed by atoms with E-state index in [4.69, 9.17) is 0 Å². The largest absolute Gasteiger partial charge is 0.368 e. The van der Waals surface area contributed by atoms with Gasteiger partial charge in [-0.2, -0.15) is 0 Å². The maximum Gasteiger partial charge on any atom is 0.0415 e. The van der Waals surface area contributed by atoms with Gasteiger partial charge < -0.3 is 10.2 Å². The molecule has 1 aliphatic carbocycles. The number of nitrogens with one attached hydrogen (secondary N) is 1. The zero-order chi connectivity index (χ0) is 15.2. The molecule has 2 nitrogen and oxygen atoms in total. The summed E-state index contributed by atoms with van der Waals surface area (Å²) in [5, 5.41) is 3.55. The minimum Gasteiger partial charge on any atom is -0.368 e. The van der Waals surface area contributed by atoms with Crippen LogP contribution in [-0.2, 0) is 6.54 Å². The molecule has 3 heteroatoms. The van der Waals surface area contributed by atoms with E-state index in [1.165, 1.54) is 48.0 Å². The second-order valence-corrected chi connectivity index (χ2v) is 7.47. The SMILES string of the molecule is CCCNCc1cc(Br)ccc1N(CCC(C)C)C1CC1. The van der Waals surface area contributed by atoms with E-state index in [2.05, 4.69) is 65.1 Å². The van der Waals surface area contributed by atoms with E-state index in [-0.39, 0.29) is 0 Å². The number of hydrogen-bond donors (Lipinski definition) is 1. The van der Waals surface area contributed by atoms with Gasteiger partial charge in [0.15, 0.2) is 0 Å². The molecule has 0 radical (unpaired) electrons. The zero-order valence-corrected chi connectivity index (χ0v) is 15.2. The number of nitrogens with zero attached hydrogens (tertiary/aromatic N) is 1. The van der Waals surface area contributed by atoms with Gasteiger partial charge in [0.2, 0.25) is 0 Å². The Kier molecular flexibility index (Phi) is 6.56. The van der Waals surface area contributed by atoms with Gasteiger partial charge in [-0.05, 0) is 61.9 Å². The van der Waals surface area contributed by atoms with Crippen molar-refractivity contribution in [3.05, 3.63) is 28.2 Å². The van der Waals surface area contributed by atoms with Crippen molar-refractivity contribution in [2.75, 3.05) is 18.0 Å². The van der Waals surface area contributed by atoms with Gasteiger partial charge in [-0.25, -0.2) is 0 Å². The van der Waals surface area contributed by atoms with Crippen LogP contribution in [0.3, 0.4) is 0 Å². The number of halogens is 1. The van der Waals surface area contributed by atoms with Crippen molar-refractivity contribution in [3.8, 4) is 0 Å². The average molecular weight is 353 g/mol. The number of benzene rings is 1. The van der Waals surface area contributed by atoms with Gasteiger partial charge in [0.1, 0.15) is 0 Å². The van der Waals surface area contributed by atoms with E-state index < -0.39 is 0 Å². The molecule has 0 unspecified atom stereocenters. The molecule has 1 fully saturated rings. The van der Waals surface area contributed by atoms with Crippen molar-refractivity contribution >= 4 is 21.6 Å². The van der Waals surface area contributed by atoms with Crippen molar-refractivity contribution in [1.29, 1.82) is 0 Å². The van der Waals surface area contributed by atoms with Crippen molar-refractivity contribution in [3.63, 3.8) is 0 Å². The van der Waals surface area contributed by atoms with Crippen LogP contribution in [0.25, 0.3) is 0 Å². The minimum atomic E-state index is 0.767. The maximum absolute atomic E-state index is 3.62. The van der Waals surface area contributed by atoms with Crippen LogP contribution in [0, 0.1) is 5.92 Å². The lowest BCUT2D eigenvalue weighted by Crippen LogP contribution is -2.29. The van der Waals surface area contributed by atoms with Gasteiger partial charge in [-0.15, -0.1) is 0 Å². The summed E-state index contributed by atoms with van der Waals surface area (Å²) in [5.41, 5.74) is 2.86. The first-order valence-corrected chi connectivity index (χ1v) is 9.17. The summed E-state index contributed by atoms with van der Waals surface area (Å²) in [6.45, 7) is 10.1. The fourth-order valence-electron chi connectivity index (χ4n) is 2.66. The maximum atomic E-state index is 3.62. The van der Waals surface area contributed by atoms with Crippen LogP contribution >= 0.6 is 15.9 Å². The predicted octanol–water partition coefficient (Wildman–Crippen LogP) is 4.96. The third-order valence-electron chi connectivity index (χ3n) is 4.03. The van der Waals surface area contributed by atoms with Gasteiger partial charge in [0.25, 0.3) is 0 Å². The van der Waals surface area contributed by atoms with Gasteiger partial charge in [-0.1, -0.05) is 36.7 Å². The molecule has 0 saturated heterocycles. The third kappa shape index (κ3) is 5.30. The van der Waals surface area contributed by atoms with Gasteiger partial charge >= 0.3 is 0 Å². The molecule has 0 aliphatic heterocycles. The van der Waals surface area contributed by atoms with Gasteiger partial charge in [0, 0.05) is 29.3 Å². The molecule has 1 saturated carbocycles. The Bertz CT molecular complexity index is 441. The van der Waals surface area contributed by atoms with Crippen LogP contribution in [0.5, 0.6) is 0 Å². The summed E-state index contributed by atoms with van der Waals surface area (Å²) in [6.07, 6.45) is 5.17. The molecular formula is C18H29BrN2. The van der Waals surface area contributed by atoms with Crippen molar-refractivity contribution in [2.24, 2.45) is 5.92 Å². The normalized spacial score (nSPS) is 14.7. The van der Waals surface area contributed by atoms with Gasteiger partial charge in [0.05, 0.1) is 0 Å². The van der Waals surface area contributed by atoms with E-state index in [0.717, 1.165) is 25.0 Å². The minimum absolute atomic E-state index is 0.767. The van der Waals surface area contributed by atoms with Gasteiger partial charge in [-0.3, -0.25) is 0 Å². The fraction of sp³-hybridized carbons (Fsp3) is 0.667. The molecule has 0 heterocycles. The molecule has 0 amide bonds. The molecule has 1 aromatic carbocycles. The lowest BCUT2D eigenvalue weighted by Gasteiger charge is -2.28. The molecule has 1 aliphatic rings. The fourth-order valence-corrected chi connectivity index (χ4v) is 3.07. The van der Waals surface area contributed by atoms with Crippen molar-refractivity contribution < 1.29 is 0 Å². The number of anilines is 1. The predicted molar refractivity (Wildman–Crippen MR) is 96.0 cm³/mol.